The molecule has 20 heavy (non-hydrogen) atoms. The van der Waals surface area contributed by atoms with Crippen LogP contribution < -0.4 is 15.8 Å². The molecule has 0 bridgehead atoms. The highest BCUT2D eigenvalue weighted by Gasteiger charge is 2.17. The van der Waals surface area contributed by atoms with Crippen molar-refractivity contribution in [1.29, 1.82) is 0 Å². The first-order chi connectivity index (χ1) is 9.35. The van der Waals surface area contributed by atoms with Crippen LogP contribution in [0, 0.1) is 5.92 Å². The van der Waals surface area contributed by atoms with E-state index in [2.05, 4.69) is 38.2 Å². The van der Waals surface area contributed by atoms with Gasteiger partial charge in [0.15, 0.2) is 0 Å². The lowest BCUT2D eigenvalue weighted by molar-refractivity contribution is 0.344. The molecule has 0 amide bonds. The molecule has 0 aliphatic rings. The minimum atomic E-state index is 0.310. The van der Waals surface area contributed by atoms with E-state index in [-0.39, 0.29) is 0 Å². The summed E-state index contributed by atoms with van der Waals surface area (Å²) in [5, 5.41) is 3.55. The van der Waals surface area contributed by atoms with Crippen LogP contribution in [0.3, 0.4) is 0 Å². The Labute approximate surface area is 127 Å². The second-order valence-corrected chi connectivity index (χ2v) is 5.97. The first-order valence-corrected chi connectivity index (χ1v) is 7.15. The molecule has 0 fully saturated rings. The molecule has 0 aliphatic heterocycles. The van der Waals surface area contributed by atoms with Gasteiger partial charge in [0.1, 0.15) is 10.7 Å². The van der Waals surface area contributed by atoms with Gasteiger partial charge in [-0.1, -0.05) is 26.1 Å². The maximum Gasteiger partial charge on any atom is 0.120 e. The maximum atomic E-state index is 5.80. The van der Waals surface area contributed by atoms with Gasteiger partial charge >= 0.3 is 0 Å². The number of rotatable bonds is 7. The second-order valence-electron chi connectivity index (χ2n) is 5.53. The van der Waals surface area contributed by atoms with Crippen LogP contribution in [0.5, 0.6) is 5.75 Å². The lowest BCUT2D eigenvalue weighted by Gasteiger charge is -2.27. The Morgan fingerprint density at radius 3 is 2.50 bits per heavy atom. The number of nitrogens with one attached hydrogen (secondary N) is 1. The van der Waals surface area contributed by atoms with Crippen molar-refractivity contribution in [2.75, 3.05) is 33.1 Å². The molecule has 0 spiro atoms. The molecule has 3 N–H and O–H groups in total. The number of ether oxygens (including phenoxy) is 1. The van der Waals surface area contributed by atoms with Crippen LogP contribution in [0.4, 0.5) is 5.69 Å². The van der Waals surface area contributed by atoms with E-state index < -0.39 is 0 Å². The van der Waals surface area contributed by atoms with Crippen LogP contribution in [0.1, 0.15) is 19.4 Å². The normalized spacial score (nSPS) is 12.6. The molecule has 112 valence electrons. The van der Waals surface area contributed by atoms with Crippen LogP contribution in [0.15, 0.2) is 18.2 Å². The van der Waals surface area contributed by atoms with Gasteiger partial charge in [-0.25, -0.2) is 0 Å². The number of anilines is 1. The minimum absolute atomic E-state index is 0.310. The van der Waals surface area contributed by atoms with Gasteiger partial charge in [0.25, 0.3) is 0 Å². The van der Waals surface area contributed by atoms with E-state index in [1.807, 2.05) is 18.2 Å². The summed E-state index contributed by atoms with van der Waals surface area (Å²) in [6, 6.07) is 6.02. The van der Waals surface area contributed by atoms with Crippen LogP contribution in [0.25, 0.3) is 0 Å². The third kappa shape index (κ3) is 4.65. The van der Waals surface area contributed by atoms with Crippen molar-refractivity contribution in [2.45, 2.75) is 19.9 Å². The highest BCUT2D eigenvalue weighted by Crippen LogP contribution is 2.24. The van der Waals surface area contributed by atoms with Crippen molar-refractivity contribution < 1.29 is 4.74 Å². The number of likely N-dealkylation sites (N-methyl/N-ethyl adjacent to an activating group) is 1. The Balaban J connectivity index is 3.05. The Kier molecular flexibility index (Phi) is 6.23. The molecule has 4 nitrogen and oxygen atoms in total. The Morgan fingerprint density at radius 2 is 2.05 bits per heavy atom. The quantitative estimate of drug-likeness (QED) is 0.756. The first-order valence-electron chi connectivity index (χ1n) is 6.74. The number of benzene rings is 1. The van der Waals surface area contributed by atoms with Gasteiger partial charge in [0.2, 0.25) is 0 Å². The average molecular weight is 295 g/mol. The summed E-state index contributed by atoms with van der Waals surface area (Å²) in [7, 11) is 5.79. The van der Waals surface area contributed by atoms with Crippen molar-refractivity contribution in [3.8, 4) is 5.75 Å². The standard InChI is InChI=1S/C15H25N3OS/c1-10(2)14(9-18(3)4)17-13-8-11(19-5)6-7-12(13)15(16)20/h6-8,10,14,17H,9H2,1-5H3,(H2,16,20). The van der Waals surface area contributed by atoms with Gasteiger partial charge in [-0.05, 0) is 32.1 Å². The molecule has 5 heteroatoms. The fraction of sp³-hybridized carbons (Fsp3) is 0.533. The molecule has 0 saturated carbocycles. The number of methoxy groups -OCH3 is 1. The molecular weight excluding hydrogens is 270 g/mol. The Hall–Kier alpha value is -1.33. The zero-order chi connectivity index (χ0) is 15.3. The lowest BCUT2D eigenvalue weighted by atomic mass is 10.0. The van der Waals surface area contributed by atoms with Crippen molar-refractivity contribution in [3.05, 3.63) is 23.8 Å². The summed E-state index contributed by atoms with van der Waals surface area (Å²) >= 11 is 5.12. The molecule has 0 aliphatic carbocycles. The monoisotopic (exact) mass is 295 g/mol. The highest BCUT2D eigenvalue weighted by atomic mass is 32.1. The van der Waals surface area contributed by atoms with Gasteiger partial charge < -0.3 is 20.7 Å². The van der Waals surface area contributed by atoms with Crippen LogP contribution >= 0.6 is 12.2 Å². The number of hydrogen-bond acceptors (Lipinski definition) is 4. The molecular formula is C15H25N3OS. The Morgan fingerprint density at radius 1 is 1.40 bits per heavy atom. The van der Waals surface area contributed by atoms with Crippen molar-refractivity contribution >= 4 is 22.9 Å². The zero-order valence-corrected chi connectivity index (χ0v) is 13.8. The molecule has 1 unspecified atom stereocenters. The SMILES string of the molecule is COc1ccc(C(N)=S)c(NC(CN(C)C)C(C)C)c1. The fourth-order valence-electron chi connectivity index (χ4n) is 2.00. The summed E-state index contributed by atoms with van der Waals surface area (Å²) in [5.74, 6) is 1.28. The molecule has 1 rings (SSSR count). The predicted octanol–water partition coefficient (Wildman–Crippen LogP) is 2.33. The third-order valence-corrected chi connectivity index (χ3v) is 3.42. The van der Waals surface area contributed by atoms with Crippen LogP contribution in [-0.2, 0) is 0 Å². The van der Waals surface area contributed by atoms with E-state index in [4.69, 9.17) is 22.7 Å². The predicted molar refractivity (Wildman–Crippen MR) is 89.7 cm³/mol. The number of thiocarbonyl (C=S) groups is 1. The average Bonchev–Trinajstić information content (AvgIpc) is 2.36. The van der Waals surface area contributed by atoms with E-state index in [1.54, 1.807) is 7.11 Å². The van der Waals surface area contributed by atoms with Gasteiger partial charge in [0.05, 0.1) is 7.11 Å². The van der Waals surface area contributed by atoms with Gasteiger partial charge in [0, 0.05) is 29.9 Å². The lowest BCUT2D eigenvalue weighted by Crippen LogP contribution is -2.37. The molecule has 1 aromatic carbocycles. The van der Waals surface area contributed by atoms with Gasteiger partial charge in [-0.2, -0.15) is 0 Å². The van der Waals surface area contributed by atoms with E-state index >= 15 is 0 Å². The second kappa shape index (κ2) is 7.45. The van der Waals surface area contributed by atoms with Gasteiger partial charge in [-0.3, -0.25) is 0 Å². The fourth-order valence-corrected chi connectivity index (χ4v) is 2.18. The summed E-state index contributed by atoms with van der Waals surface area (Å²) in [6.45, 7) is 5.33. The Bertz CT molecular complexity index is 460. The van der Waals surface area contributed by atoms with E-state index in [0.717, 1.165) is 23.5 Å². The third-order valence-electron chi connectivity index (χ3n) is 3.20. The summed E-state index contributed by atoms with van der Waals surface area (Å²) in [5.41, 5.74) is 7.58. The van der Waals surface area contributed by atoms with Crippen molar-refractivity contribution in [3.63, 3.8) is 0 Å². The molecule has 0 heterocycles. The maximum absolute atomic E-state index is 5.80. The molecule has 0 radical (unpaired) electrons. The van der Waals surface area contributed by atoms with E-state index in [0.29, 0.717) is 16.9 Å². The largest absolute Gasteiger partial charge is 0.497 e. The van der Waals surface area contributed by atoms with E-state index in [9.17, 15) is 0 Å². The highest BCUT2D eigenvalue weighted by molar-refractivity contribution is 7.80. The smallest absolute Gasteiger partial charge is 0.120 e. The van der Waals surface area contributed by atoms with Crippen molar-refractivity contribution in [1.82, 2.24) is 4.90 Å². The number of hydrogen-bond donors (Lipinski definition) is 2. The van der Waals surface area contributed by atoms with Crippen LogP contribution in [0.2, 0.25) is 0 Å². The topological polar surface area (TPSA) is 50.5 Å². The van der Waals surface area contributed by atoms with Crippen LogP contribution in [-0.4, -0.2) is 43.7 Å². The molecule has 1 atom stereocenters. The zero-order valence-electron chi connectivity index (χ0n) is 12.9. The summed E-state index contributed by atoms with van der Waals surface area (Å²) in [6.07, 6.45) is 0. The molecule has 0 aromatic heterocycles. The van der Waals surface area contributed by atoms with Gasteiger partial charge in [-0.15, -0.1) is 0 Å². The first kappa shape index (κ1) is 16.7. The minimum Gasteiger partial charge on any atom is -0.497 e. The summed E-state index contributed by atoms with van der Waals surface area (Å²) in [4.78, 5) is 2.56. The van der Waals surface area contributed by atoms with E-state index in [1.165, 1.54) is 0 Å². The summed E-state index contributed by atoms with van der Waals surface area (Å²) < 4.78 is 5.28. The van der Waals surface area contributed by atoms with Crippen molar-refractivity contribution in [2.24, 2.45) is 11.7 Å². The number of nitrogens with zero attached hydrogens (tertiary/aromatic N) is 1. The number of nitrogens with two attached hydrogens (primary N) is 1. The molecule has 1 aromatic rings. The molecule has 0 saturated heterocycles.